The van der Waals surface area contributed by atoms with E-state index in [1.807, 2.05) is 0 Å². The lowest BCUT2D eigenvalue weighted by atomic mass is 9.93. The third-order valence-electron chi connectivity index (χ3n) is 4.12. The van der Waals surface area contributed by atoms with Crippen molar-refractivity contribution in [2.75, 3.05) is 32.1 Å². The minimum absolute atomic E-state index is 0. The van der Waals surface area contributed by atoms with Crippen molar-refractivity contribution >= 4 is 24.0 Å². The molecule has 0 aromatic heterocycles. The number of carbonyl (C=O) groups is 1. The predicted molar refractivity (Wildman–Crippen MR) is 88.4 cm³/mol. The highest BCUT2D eigenvalue weighted by atomic mass is 35.5. The Morgan fingerprint density at radius 2 is 2.09 bits per heavy atom. The van der Waals surface area contributed by atoms with Gasteiger partial charge in [0.05, 0.1) is 7.11 Å². The minimum Gasteiger partial charge on any atom is -0.494 e. The second kappa shape index (κ2) is 8.96. The van der Waals surface area contributed by atoms with Gasteiger partial charge in [-0.05, 0) is 50.4 Å². The van der Waals surface area contributed by atoms with Gasteiger partial charge < -0.3 is 15.0 Å². The van der Waals surface area contributed by atoms with Crippen LogP contribution in [0.3, 0.4) is 0 Å². The number of benzene rings is 1. The summed E-state index contributed by atoms with van der Waals surface area (Å²) in [6, 6.07) is 4.58. The van der Waals surface area contributed by atoms with E-state index < -0.39 is 5.82 Å². The quantitative estimate of drug-likeness (QED) is 0.902. The normalized spacial score (nSPS) is 15.0. The average Bonchev–Trinajstić information content (AvgIpc) is 2.52. The van der Waals surface area contributed by atoms with Crippen LogP contribution in [0.2, 0.25) is 0 Å². The van der Waals surface area contributed by atoms with Crippen molar-refractivity contribution in [3.05, 3.63) is 24.0 Å². The van der Waals surface area contributed by atoms with Gasteiger partial charge in [0, 0.05) is 25.2 Å². The number of amides is 1. The van der Waals surface area contributed by atoms with E-state index in [4.69, 9.17) is 4.74 Å². The van der Waals surface area contributed by atoms with Gasteiger partial charge >= 0.3 is 0 Å². The van der Waals surface area contributed by atoms with E-state index in [0.717, 1.165) is 32.4 Å². The van der Waals surface area contributed by atoms with Crippen LogP contribution in [-0.4, -0.2) is 33.2 Å². The van der Waals surface area contributed by atoms with E-state index in [1.165, 1.54) is 18.1 Å². The number of nitrogens with zero attached hydrogens (tertiary/aromatic N) is 1. The molecule has 124 valence electrons. The van der Waals surface area contributed by atoms with Crippen LogP contribution < -0.4 is 15.0 Å². The lowest BCUT2D eigenvalue weighted by molar-refractivity contribution is -0.118. The summed E-state index contributed by atoms with van der Waals surface area (Å²) in [5.41, 5.74) is 0.559. The molecule has 22 heavy (non-hydrogen) atoms. The van der Waals surface area contributed by atoms with Gasteiger partial charge in [-0.3, -0.25) is 4.79 Å². The molecule has 1 aliphatic rings. The molecule has 2 rings (SSSR count). The molecule has 0 radical (unpaired) electrons. The van der Waals surface area contributed by atoms with Gasteiger partial charge in [0.1, 0.15) is 0 Å². The van der Waals surface area contributed by atoms with E-state index in [9.17, 15) is 9.18 Å². The molecule has 1 N–H and O–H groups in total. The van der Waals surface area contributed by atoms with Gasteiger partial charge in [-0.1, -0.05) is 0 Å². The Morgan fingerprint density at radius 3 is 2.68 bits per heavy atom. The van der Waals surface area contributed by atoms with Gasteiger partial charge in [-0.15, -0.1) is 12.4 Å². The first-order valence-electron chi connectivity index (χ1n) is 7.42. The summed E-state index contributed by atoms with van der Waals surface area (Å²) in [5.74, 6) is 0.386. The zero-order chi connectivity index (χ0) is 15.2. The zero-order valence-corrected chi connectivity index (χ0v) is 13.9. The molecular weight excluding hydrogens is 307 g/mol. The molecule has 1 saturated heterocycles. The van der Waals surface area contributed by atoms with Crippen molar-refractivity contribution in [3.63, 3.8) is 0 Å². The molecule has 1 aromatic carbocycles. The highest BCUT2D eigenvalue weighted by Crippen LogP contribution is 2.24. The summed E-state index contributed by atoms with van der Waals surface area (Å²) in [4.78, 5) is 13.7. The van der Waals surface area contributed by atoms with Crippen LogP contribution in [0.1, 0.15) is 25.7 Å². The summed E-state index contributed by atoms with van der Waals surface area (Å²) in [6.07, 6.45) is 3.68. The Balaban J connectivity index is 0.00000242. The number of carbonyl (C=O) groups excluding carboxylic acids is 1. The molecule has 0 unspecified atom stereocenters. The number of nitrogens with one attached hydrogen (secondary N) is 1. The zero-order valence-electron chi connectivity index (χ0n) is 13.1. The van der Waals surface area contributed by atoms with E-state index in [2.05, 4.69) is 5.32 Å². The van der Waals surface area contributed by atoms with Crippen LogP contribution in [0.4, 0.5) is 10.1 Å². The van der Waals surface area contributed by atoms with E-state index in [1.54, 1.807) is 19.2 Å². The van der Waals surface area contributed by atoms with Crippen molar-refractivity contribution in [2.24, 2.45) is 5.92 Å². The standard InChI is InChI=1S/C16H23FN2O2.ClH/c1-19(13-4-5-15(21-2)14(17)11-13)16(20)6-3-12-7-9-18-10-8-12;/h4-5,11-12,18H,3,6-10H2,1-2H3;1H. The van der Waals surface area contributed by atoms with Gasteiger partial charge in [-0.25, -0.2) is 4.39 Å². The Hall–Kier alpha value is -1.33. The predicted octanol–water partition coefficient (Wildman–Crippen LogP) is 3.00. The summed E-state index contributed by atoms with van der Waals surface area (Å²) < 4.78 is 18.6. The molecule has 1 fully saturated rings. The maximum Gasteiger partial charge on any atom is 0.226 e. The Morgan fingerprint density at radius 1 is 1.41 bits per heavy atom. The van der Waals surface area contributed by atoms with Gasteiger partial charge in [0.25, 0.3) is 0 Å². The first kappa shape index (κ1) is 18.7. The number of anilines is 1. The molecule has 1 amide bonds. The van der Waals surface area contributed by atoms with Crippen LogP contribution in [0.25, 0.3) is 0 Å². The SMILES string of the molecule is COc1ccc(N(C)C(=O)CCC2CCNCC2)cc1F.Cl. The van der Waals surface area contributed by atoms with Crippen LogP contribution in [0.15, 0.2) is 18.2 Å². The second-order valence-electron chi connectivity index (χ2n) is 5.50. The third-order valence-corrected chi connectivity index (χ3v) is 4.12. The smallest absolute Gasteiger partial charge is 0.226 e. The Kier molecular flexibility index (Phi) is 7.62. The number of halogens is 2. The van der Waals surface area contributed by atoms with Crippen LogP contribution >= 0.6 is 12.4 Å². The van der Waals surface area contributed by atoms with E-state index >= 15 is 0 Å². The van der Waals surface area contributed by atoms with E-state index in [-0.39, 0.29) is 24.1 Å². The molecular formula is C16H24ClFN2O2. The molecule has 0 atom stereocenters. The van der Waals surface area contributed by atoms with Crippen molar-refractivity contribution in [1.29, 1.82) is 0 Å². The Labute approximate surface area is 137 Å². The summed E-state index contributed by atoms with van der Waals surface area (Å²) in [7, 11) is 3.11. The topological polar surface area (TPSA) is 41.6 Å². The molecule has 4 nitrogen and oxygen atoms in total. The van der Waals surface area contributed by atoms with Crippen LogP contribution in [0.5, 0.6) is 5.75 Å². The second-order valence-corrected chi connectivity index (χ2v) is 5.50. The number of methoxy groups -OCH3 is 1. The minimum atomic E-state index is -0.451. The average molecular weight is 331 g/mol. The van der Waals surface area contributed by atoms with Crippen molar-refractivity contribution < 1.29 is 13.9 Å². The fourth-order valence-corrected chi connectivity index (χ4v) is 2.67. The highest BCUT2D eigenvalue weighted by molar-refractivity contribution is 5.92. The lowest BCUT2D eigenvalue weighted by Gasteiger charge is -2.23. The maximum atomic E-state index is 13.7. The largest absolute Gasteiger partial charge is 0.494 e. The van der Waals surface area contributed by atoms with E-state index in [0.29, 0.717) is 18.0 Å². The molecule has 0 spiro atoms. The van der Waals surface area contributed by atoms with Gasteiger partial charge in [0.15, 0.2) is 11.6 Å². The molecule has 1 heterocycles. The molecule has 0 bridgehead atoms. The Bertz CT molecular complexity index is 493. The first-order valence-corrected chi connectivity index (χ1v) is 7.42. The first-order chi connectivity index (χ1) is 10.1. The summed E-state index contributed by atoms with van der Waals surface area (Å²) >= 11 is 0. The number of piperidine rings is 1. The molecule has 1 aliphatic heterocycles. The van der Waals surface area contributed by atoms with Gasteiger partial charge in [0.2, 0.25) is 5.91 Å². The van der Waals surface area contributed by atoms with Crippen LogP contribution in [-0.2, 0) is 4.79 Å². The fourth-order valence-electron chi connectivity index (χ4n) is 2.67. The number of ether oxygens (including phenoxy) is 1. The lowest BCUT2D eigenvalue weighted by Crippen LogP contribution is -2.30. The fraction of sp³-hybridized carbons (Fsp3) is 0.562. The molecule has 0 saturated carbocycles. The number of rotatable bonds is 5. The van der Waals surface area contributed by atoms with Crippen molar-refractivity contribution in [3.8, 4) is 5.75 Å². The number of hydrogen-bond donors (Lipinski definition) is 1. The molecule has 1 aromatic rings. The van der Waals surface area contributed by atoms with Gasteiger partial charge in [-0.2, -0.15) is 0 Å². The van der Waals surface area contributed by atoms with Crippen LogP contribution in [0, 0.1) is 11.7 Å². The molecule has 0 aliphatic carbocycles. The van der Waals surface area contributed by atoms with Crippen molar-refractivity contribution in [1.82, 2.24) is 5.32 Å². The molecule has 6 heteroatoms. The maximum absolute atomic E-state index is 13.7. The highest BCUT2D eigenvalue weighted by Gasteiger charge is 2.17. The summed E-state index contributed by atoms with van der Waals surface area (Å²) in [5, 5.41) is 3.32. The number of hydrogen-bond acceptors (Lipinski definition) is 3. The third kappa shape index (κ3) is 4.85. The monoisotopic (exact) mass is 330 g/mol. The summed E-state index contributed by atoms with van der Waals surface area (Å²) in [6.45, 7) is 2.08. The van der Waals surface area contributed by atoms with Crippen molar-refractivity contribution in [2.45, 2.75) is 25.7 Å².